The highest BCUT2D eigenvalue weighted by molar-refractivity contribution is 7.95. The van der Waals surface area contributed by atoms with Crippen LogP contribution in [0.15, 0.2) is 53.4 Å². The van der Waals surface area contributed by atoms with Crippen molar-refractivity contribution in [2.45, 2.75) is 30.3 Å². The highest BCUT2D eigenvalue weighted by Crippen LogP contribution is 2.56. The van der Waals surface area contributed by atoms with Gasteiger partial charge in [0, 0.05) is 18.3 Å². The van der Waals surface area contributed by atoms with E-state index in [2.05, 4.69) is 12.5 Å². The Labute approximate surface area is 271 Å². The Bertz CT molecular complexity index is 1650. The fourth-order valence-electron chi connectivity index (χ4n) is 6.08. The van der Waals surface area contributed by atoms with Gasteiger partial charge in [-0.15, -0.1) is 0 Å². The molecule has 0 saturated carbocycles. The molecule has 1 unspecified atom stereocenters. The van der Waals surface area contributed by atoms with Crippen LogP contribution in [-0.2, 0) is 35.3 Å². The molecule has 0 bridgehead atoms. The maximum Gasteiger partial charge on any atom is 0.310 e. The first-order chi connectivity index (χ1) is 21.9. The number of phenolic OH excluding ortho intramolecular Hbond substituents is 1. The summed E-state index contributed by atoms with van der Waals surface area (Å²) < 4.78 is 65.4. The maximum atomic E-state index is 13.1. The highest BCUT2D eigenvalue weighted by atomic mass is 32.2. The van der Waals surface area contributed by atoms with E-state index in [0.717, 1.165) is 34.4 Å². The largest absolute Gasteiger partial charge is 0.744 e. The van der Waals surface area contributed by atoms with E-state index >= 15 is 0 Å². The minimum absolute atomic E-state index is 0.0851. The summed E-state index contributed by atoms with van der Waals surface area (Å²) in [6.07, 6.45) is 5.10. The molecule has 2 aliphatic heterocycles. The molecule has 11 nitrogen and oxygen atoms in total. The fraction of sp³-hybridized carbons (Fsp3) is 0.424. The summed E-state index contributed by atoms with van der Waals surface area (Å²) in [5.41, 5.74) is 3.60. The van der Waals surface area contributed by atoms with E-state index in [-0.39, 0.29) is 59.5 Å². The van der Waals surface area contributed by atoms with Crippen LogP contribution in [0, 0.1) is 18.8 Å². The number of cyclic esters (lactones) is 1. The second kappa shape index (κ2) is 14.0. The van der Waals surface area contributed by atoms with Crippen LogP contribution in [0.1, 0.15) is 40.7 Å². The quantitative estimate of drug-likeness (QED) is 0.150. The zero-order valence-corrected chi connectivity index (χ0v) is 27.9. The van der Waals surface area contributed by atoms with Gasteiger partial charge in [0.05, 0.1) is 56.9 Å². The minimum Gasteiger partial charge on any atom is -0.744 e. The second-order valence-electron chi connectivity index (χ2n) is 11.5. The number of rotatable bonds is 9. The van der Waals surface area contributed by atoms with Gasteiger partial charge in [0.1, 0.15) is 15.9 Å². The lowest BCUT2D eigenvalue weighted by Gasteiger charge is -2.39. The molecule has 6 rings (SSSR count). The fourth-order valence-corrected chi connectivity index (χ4v) is 7.25. The molecule has 3 aromatic carbocycles. The van der Waals surface area contributed by atoms with Crippen molar-refractivity contribution in [3.8, 4) is 28.7 Å². The summed E-state index contributed by atoms with van der Waals surface area (Å²) >= 11 is 0. The smallest absolute Gasteiger partial charge is 0.310 e. The molecule has 0 spiro atoms. The Balaban J connectivity index is 0.000000322. The zero-order chi connectivity index (χ0) is 33.2. The van der Waals surface area contributed by atoms with Crippen molar-refractivity contribution in [2.24, 2.45) is 11.8 Å². The highest BCUT2D eigenvalue weighted by Gasteiger charge is 2.53. The lowest BCUT2D eigenvalue weighted by molar-refractivity contribution is -0.141. The van der Waals surface area contributed by atoms with Gasteiger partial charge in [-0.25, -0.2) is 8.42 Å². The number of benzene rings is 3. The summed E-state index contributed by atoms with van der Waals surface area (Å²) in [6.45, 7) is 2.87. The second-order valence-corrected chi connectivity index (χ2v) is 15.3. The first kappa shape index (κ1) is 33.7. The molecule has 3 aliphatic rings. The number of esters is 1. The molecule has 0 aromatic heterocycles. The Morgan fingerprint density at radius 2 is 1.57 bits per heavy atom. The van der Waals surface area contributed by atoms with Gasteiger partial charge in [-0.2, -0.15) is 0 Å². The van der Waals surface area contributed by atoms with E-state index in [1.807, 2.05) is 19.1 Å². The Morgan fingerprint density at radius 1 is 0.957 bits per heavy atom. The van der Waals surface area contributed by atoms with E-state index in [1.54, 1.807) is 24.3 Å². The number of carbonyl (C=O) groups is 1. The molecule has 1 saturated heterocycles. The molecule has 0 radical (unpaired) electrons. The van der Waals surface area contributed by atoms with Gasteiger partial charge in [0.25, 0.3) is 0 Å². The van der Waals surface area contributed by atoms with Crippen LogP contribution in [0.25, 0.3) is 0 Å². The van der Waals surface area contributed by atoms with Crippen molar-refractivity contribution < 1.29 is 51.3 Å². The molecular formula is C33H38O11S2. The monoisotopic (exact) mass is 674 g/mol. The van der Waals surface area contributed by atoms with Crippen molar-refractivity contribution in [1.82, 2.24) is 0 Å². The van der Waals surface area contributed by atoms with Crippen LogP contribution in [-0.4, -0.2) is 76.5 Å². The number of fused-ring (bicyclic) bond motifs is 3. The minimum atomic E-state index is -4.27. The summed E-state index contributed by atoms with van der Waals surface area (Å²) in [6, 6.07) is 13.2. The number of carbonyl (C=O) groups excluding carboxylic acids is 1. The maximum absolute atomic E-state index is 13.1. The molecule has 1 fully saturated rings. The SMILES string of the molecule is COc1cc([C@@H]2c3cc4c(cc3[C@@H](OCCC[S+](C)C)C3COC(=O)[C@@H]32)OCO4)cc(OC)c1O.Cc1ccc(S(=O)(=O)[O-])cc1. The zero-order valence-electron chi connectivity index (χ0n) is 26.3. The van der Waals surface area contributed by atoms with Crippen molar-refractivity contribution in [2.75, 3.05) is 52.5 Å². The molecule has 2 heterocycles. The summed E-state index contributed by atoms with van der Waals surface area (Å²) in [5.74, 6) is 1.63. The van der Waals surface area contributed by atoms with Crippen LogP contribution < -0.4 is 18.9 Å². The van der Waals surface area contributed by atoms with E-state index in [1.165, 1.54) is 26.4 Å². The molecule has 13 heteroatoms. The Kier molecular flexibility index (Phi) is 10.3. The van der Waals surface area contributed by atoms with E-state index in [4.69, 9.17) is 28.4 Å². The number of hydrogen-bond acceptors (Lipinski definition) is 11. The predicted octanol–water partition coefficient (Wildman–Crippen LogP) is 4.30. The number of methoxy groups -OCH3 is 2. The molecule has 4 atom stereocenters. The molecular weight excluding hydrogens is 636 g/mol. The summed E-state index contributed by atoms with van der Waals surface area (Å²) in [7, 11) is -0.955. The number of aryl methyl sites for hydroxylation is 1. The van der Waals surface area contributed by atoms with Gasteiger partial charge in [0.2, 0.25) is 12.5 Å². The Morgan fingerprint density at radius 3 is 2.13 bits per heavy atom. The number of aromatic hydroxyl groups is 1. The van der Waals surface area contributed by atoms with Crippen molar-refractivity contribution in [1.29, 1.82) is 0 Å². The van der Waals surface area contributed by atoms with E-state index in [0.29, 0.717) is 29.0 Å². The van der Waals surface area contributed by atoms with Gasteiger partial charge < -0.3 is 38.1 Å². The van der Waals surface area contributed by atoms with Gasteiger partial charge >= 0.3 is 5.97 Å². The predicted molar refractivity (Wildman–Crippen MR) is 170 cm³/mol. The van der Waals surface area contributed by atoms with Gasteiger partial charge in [-0.1, -0.05) is 17.7 Å². The molecule has 1 N–H and O–H groups in total. The third kappa shape index (κ3) is 7.02. The molecule has 1 aliphatic carbocycles. The Hall–Kier alpha value is -3.65. The van der Waals surface area contributed by atoms with Crippen LogP contribution in [0.4, 0.5) is 0 Å². The average molecular weight is 675 g/mol. The third-order valence-corrected chi connectivity index (χ3v) is 10.2. The lowest BCUT2D eigenvalue weighted by Crippen LogP contribution is -2.36. The van der Waals surface area contributed by atoms with Gasteiger partial charge in [-0.05, 0) is 70.9 Å². The van der Waals surface area contributed by atoms with Crippen molar-refractivity contribution in [3.63, 3.8) is 0 Å². The number of phenols is 1. The van der Waals surface area contributed by atoms with Crippen molar-refractivity contribution in [3.05, 3.63) is 70.8 Å². The molecule has 46 heavy (non-hydrogen) atoms. The van der Waals surface area contributed by atoms with Gasteiger partial charge in [0.15, 0.2) is 23.0 Å². The number of ether oxygens (including phenoxy) is 6. The van der Waals surface area contributed by atoms with Crippen molar-refractivity contribution >= 4 is 27.0 Å². The third-order valence-electron chi connectivity index (χ3n) is 8.28. The molecule has 0 amide bonds. The molecule has 248 valence electrons. The van der Waals surface area contributed by atoms with E-state index < -0.39 is 16.0 Å². The average Bonchev–Trinajstić information content (AvgIpc) is 3.64. The first-order valence-electron chi connectivity index (χ1n) is 14.7. The van der Waals surface area contributed by atoms with Crippen LogP contribution in [0.3, 0.4) is 0 Å². The molecule has 3 aromatic rings. The summed E-state index contributed by atoms with van der Waals surface area (Å²) in [5, 5.41) is 10.5. The normalized spacial score (nSPS) is 21.2. The van der Waals surface area contributed by atoms with Crippen LogP contribution in [0.2, 0.25) is 0 Å². The first-order valence-corrected chi connectivity index (χ1v) is 18.3. The van der Waals surface area contributed by atoms with Crippen LogP contribution in [0.5, 0.6) is 28.7 Å². The lowest BCUT2D eigenvalue weighted by atomic mass is 9.66. The standard InChI is InChI=1S/C26H30O8S.C7H8O3S/c1-29-20-8-14(9-21(30-2)24(20)27)22-15-10-18-19(34-13-33-18)11-16(15)25(31-6-5-7-35(3)4)17-12-32-26(28)23(17)22;1-6-2-4-7(5-3-6)11(8,9)10/h8-11,17,22-23,25H,5-7,12-13H2,1-4H3;2-5H,1H3,(H,8,9,10)/t17?,22-,23+,25-;/m1./s1. The van der Waals surface area contributed by atoms with E-state index in [9.17, 15) is 22.9 Å². The van der Waals surface area contributed by atoms with Gasteiger partial charge in [-0.3, -0.25) is 4.79 Å². The topological polar surface area (TPSA) is 150 Å². The summed E-state index contributed by atoms with van der Waals surface area (Å²) in [4.78, 5) is 13.0. The van der Waals surface area contributed by atoms with Crippen LogP contribution >= 0.6 is 0 Å². The number of hydrogen-bond donors (Lipinski definition) is 1.